The molecule has 0 N–H and O–H groups in total. The first kappa shape index (κ1) is 11.9. The van der Waals surface area contributed by atoms with Gasteiger partial charge in [0.1, 0.15) is 0 Å². The highest BCUT2D eigenvalue weighted by molar-refractivity contribution is 6.33. The molecule has 0 atom stereocenters. The topological polar surface area (TPSA) is 17.1 Å². The average molecular weight is 245 g/mol. The van der Waals surface area contributed by atoms with Crippen molar-refractivity contribution >= 4 is 17.9 Å². The van der Waals surface area contributed by atoms with Crippen LogP contribution in [-0.2, 0) is 0 Å². The van der Waals surface area contributed by atoms with Gasteiger partial charge in [-0.1, -0.05) is 53.1 Å². The first-order valence-corrected chi connectivity index (χ1v) is 5.82. The smallest absolute Gasteiger partial charge is 0.152 e. The van der Waals surface area contributed by atoms with Gasteiger partial charge in [-0.05, 0) is 31.0 Å². The lowest BCUT2D eigenvalue weighted by Crippen LogP contribution is -1.90. The van der Waals surface area contributed by atoms with Crippen molar-refractivity contribution in [1.82, 2.24) is 0 Å². The number of hydrogen-bond donors (Lipinski definition) is 0. The lowest BCUT2D eigenvalue weighted by atomic mass is 9.97. The van der Waals surface area contributed by atoms with Gasteiger partial charge in [0.2, 0.25) is 0 Å². The molecule has 0 saturated heterocycles. The van der Waals surface area contributed by atoms with Gasteiger partial charge in [-0.15, -0.1) is 0 Å². The molecule has 0 amide bonds. The molecule has 0 aliphatic heterocycles. The van der Waals surface area contributed by atoms with Crippen molar-refractivity contribution in [3.05, 3.63) is 58.1 Å². The number of carbonyl (C=O) groups is 1. The zero-order valence-electron chi connectivity index (χ0n) is 9.83. The molecule has 0 bridgehead atoms. The summed E-state index contributed by atoms with van der Waals surface area (Å²) < 4.78 is 0. The van der Waals surface area contributed by atoms with Crippen LogP contribution in [0.15, 0.2) is 36.4 Å². The van der Waals surface area contributed by atoms with Crippen LogP contribution in [0.3, 0.4) is 0 Å². The van der Waals surface area contributed by atoms with Crippen molar-refractivity contribution in [3.8, 4) is 11.1 Å². The normalized spacial score (nSPS) is 10.3. The summed E-state index contributed by atoms with van der Waals surface area (Å²) in [7, 11) is 0. The van der Waals surface area contributed by atoms with Crippen LogP contribution >= 0.6 is 11.6 Å². The van der Waals surface area contributed by atoms with Gasteiger partial charge in [-0.3, -0.25) is 4.79 Å². The molecular formula is C15H13ClO. The van der Waals surface area contributed by atoms with Crippen molar-refractivity contribution < 1.29 is 4.79 Å². The van der Waals surface area contributed by atoms with E-state index in [1.807, 2.05) is 26.0 Å². The molecule has 0 aliphatic carbocycles. The Labute approximate surface area is 106 Å². The minimum Gasteiger partial charge on any atom is -0.298 e. The van der Waals surface area contributed by atoms with Crippen molar-refractivity contribution in [2.75, 3.05) is 0 Å². The summed E-state index contributed by atoms with van der Waals surface area (Å²) in [6, 6.07) is 11.7. The summed E-state index contributed by atoms with van der Waals surface area (Å²) in [5.41, 5.74) is 4.83. The monoisotopic (exact) mass is 244 g/mol. The third-order valence-corrected chi connectivity index (χ3v) is 3.03. The highest BCUT2D eigenvalue weighted by Gasteiger charge is 2.08. The Morgan fingerprint density at radius 2 is 1.71 bits per heavy atom. The van der Waals surface area contributed by atoms with E-state index in [4.69, 9.17) is 11.6 Å². The third-order valence-electron chi connectivity index (χ3n) is 2.70. The molecule has 0 radical (unpaired) electrons. The van der Waals surface area contributed by atoms with Gasteiger partial charge < -0.3 is 0 Å². The Bertz CT molecular complexity index is 553. The standard InChI is InChI=1S/C15H13ClO/c1-10-6-11(2)8-12(7-10)13-4-3-5-15(16)14(13)9-17/h3-9H,1-2H3. The molecule has 0 saturated carbocycles. The van der Waals surface area contributed by atoms with E-state index >= 15 is 0 Å². The molecule has 0 heterocycles. The maximum atomic E-state index is 11.1. The maximum Gasteiger partial charge on any atom is 0.152 e. The molecular weight excluding hydrogens is 232 g/mol. The first-order chi connectivity index (χ1) is 8.11. The van der Waals surface area contributed by atoms with Gasteiger partial charge in [-0.2, -0.15) is 0 Å². The zero-order chi connectivity index (χ0) is 12.4. The van der Waals surface area contributed by atoms with Crippen molar-refractivity contribution in [3.63, 3.8) is 0 Å². The third kappa shape index (κ3) is 2.40. The molecule has 0 aliphatic rings. The minimum atomic E-state index is 0.497. The zero-order valence-corrected chi connectivity index (χ0v) is 10.6. The van der Waals surface area contributed by atoms with Gasteiger partial charge in [0.15, 0.2) is 6.29 Å². The molecule has 17 heavy (non-hydrogen) atoms. The Hall–Kier alpha value is -1.60. The van der Waals surface area contributed by atoms with Crippen LogP contribution in [0, 0.1) is 13.8 Å². The van der Waals surface area contributed by atoms with E-state index in [-0.39, 0.29) is 0 Å². The van der Waals surface area contributed by atoms with Gasteiger partial charge in [0, 0.05) is 5.56 Å². The largest absolute Gasteiger partial charge is 0.298 e. The average Bonchev–Trinajstić information content (AvgIpc) is 2.27. The van der Waals surface area contributed by atoms with Crippen molar-refractivity contribution in [2.45, 2.75) is 13.8 Å². The van der Waals surface area contributed by atoms with Crippen molar-refractivity contribution in [2.24, 2.45) is 0 Å². The van der Waals surface area contributed by atoms with E-state index in [2.05, 4.69) is 18.2 Å². The van der Waals surface area contributed by atoms with E-state index in [1.54, 1.807) is 6.07 Å². The van der Waals surface area contributed by atoms with E-state index < -0.39 is 0 Å². The van der Waals surface area contributed by atoms with Crippen LogP contribution in [0.1, 0.15) is 21.5 Å². The summed E-state index contributed by atoms with van der Waals surface area (Å²) >= 11 is 6.03. The van der Waals surface area contributed by atoms with Gasteiger partial charge in [0.05, 0.1) is 5.02 Å². The number of aldehydes is 1. The number of hydrogen-bond acceptors (Lipinski definition) is 1. The Balaban J connectivity index is 2.67. The van der Waals surface area contributed by atoms with Gasteiger partial charge >= 0.3 is 0 Å². The molecule has 2 aromatic carbocycles. The summed E-state index contributed by atoms with van der Waals surface area (Å²) in [5.74, 6) is 0. The van der Waals surface area contributed by atoms with Crippen molar-refractivity contribution in [1.29, 1.82) is 0 Å². The van der Waals surface area contributed by atoms with Crippen LogP contribution in [0.5, 0.6) is 0 Å². The molecule has 0 spiro atoms. The fourth-order valence-electron chi connectivity index (χ4n) is 2.04. The van der Waals surface area contributed by atoms with Crippen LogP contribution in [0.25, 0.3) is 11.1 Å². The summed E-state index contributed by atoms with van der Waals surface area (Å²) in [5, 5.41) is 0.497. The Morgan fingerprint density at radius 1 is 1.06 bits per heavy atom. The minimum absolute atomic E-state index is 0.497. The second-order valence-electron chi connectivity index (χ2n) is 4.20. The lowest BCUT2D eigenvalue weighted by molar-refractivity contribution is 0.112. The van der Waals surface area contributed by atoms with E-state index in [1.165, 1.54) is 11.1 Å². The number of halogens is 1. The number of benzene rings is 2. The maximum absolute atomic E-state index is 11.1. The van der Waals surface area contributed by atoms with E-state index in [0.717, 1.165) is 17.4 Å². The van der Waals surface area contributed by atoms with E-state index in [0.29, 0.717) is 10.6 Å². The second-order valence-corrected chi connectivity index (χ2v) is 4.60. The van der Waals surface area contributed by atoms with Crippen LogP contribution in [-0.4, -0.2) is 6.29 Å². The molecule has 1 nitrogen and oxygen atoms in total. The SMILES string of the molecule is Cc1cc(C)cc(-c2cccc(Cl)c2C=O)c1. The Morgan fingerprint density at radius 3 is 2.29 bits per heavy atom. The highest BCUT2D eigenvalue weighted by atomic mass is 35.5. The molecule has 2 rings (SSSR count). The first-order valence-electron chi connectivity index (χ1n) is 5.44. The fourth-order valence-corrected chi connectivity index (χ4v) is 2.26. The summed E-state index contributed by atoms with van der Waals surface area (Å²) in [6.07, 6.45) is 0.815. The number of aryl methyl sites for hydroxylation is 2. The molecule has 0 aromatic heterocycles. The molecule has 86 valence electrons. The molecule has 2 aromatic rings. The van der Waals surface area contributed by atoms with Gasteiger partial charge in [-0.25, -0.2) is 0 Å². The quantitative estimate of drug-likeness (QED) is 0.714. The number of carbonyl (C=O) groups excluding carboxylic acids is 1. The van der Waals surface area contributed by atoms with Gasteiger partial charge in [0.25, 0.3) is 0 Å². The summed E-state index contributed by atoms with van der Waals surface area (Å²) in [4.78, 5) is 11.1. The van der Waals surface area contributed by atoms with Crippen LogP contribution in [0.2, 0.25) is 5.02 Å². The second kappa shape index (κ2) is 4.72. The Kier molecular flexibility index (Phi) is 3.30. The molecule has 0 fully saturated rings. The summed E-state index contributed by atoms with van der Waals surface area (Å²) in [6.45, 7) is 4.09. The molecule has 0 unspecified atom stereocenters. The molecule has 2 heteroatoms. The highest BCUT2D eigenvalue weighted by Crippen LogP contribution is 2.29. The van der Waals surface area contributed by atoms with Crippen LogP contribution < -0.4 is 0 Å². The number of rotatable bonds is 2. The predicted molar refractivity (Wildman–Crippen MR) is 71.7 cm³/mol. The van der Waals surface area contributed by atoms with E-state index in [9.17, 15) is 4.79 Å². The predicted octanol–water partition coefficient (Wildman–Crippen LogP) is 4.44. The lowest BCUT2D eigenvalue weighted by Gasteiger charge is -2.08. The van der Waals surface area contributed by atoms with Crippen LogP contribution in [0.4, 0.5) is 0 Å². The fraction of sp³-hybridized carbons (Fsp3) is 0.133.